The molecule has 136 valence electrons. The van der Waals surface area contributed by atoms with E-state index in [2.05, 4.69) is 26.5 Å². The van der Waals surface area contributed by atoms with Crippen LogP contribution in [0.3, 0.4) is 0 Å². The SMILES string of the molecule is Cc1ccc(-c2ccc(/C=N/NC(=O)c3ccc([N+](=O)[O-])cc3)o2)cc1Br. The Morgan fingerprint density at radius 1 is 1.19 bits per heavy atom. The topological polar surface area (TPSA) is 97.7 Å². The van der Waals surface area contributed by atoms with E-state index in [0.717, 1.165) is 15.6 Å². The summed E-state index contributed by atoms with van der Waals surface area (Å²) >= 11 is 3.49. The van der Waals surface area contributed by atoms with Crippen molar-refractivity contribution in [2.45, 2.75) is 6.92 Å². The number of hydrogen-bond acceptors (Lipinski definition) is 5. The summed E-state index contributed by atoms with van der Waals surface area (Å²) < 4.78 is 6.69. The number of halogens is 1. The van der Waals surface area contributed by atoms with Crippen LogP contribution in [-0.4, -0.2) is 17.0 Å². The first kappa shape index (κ1) is 18.5. The van der Waals surface area contributed by atoms with Crippen molar-refractivity contribution in [3.05, 3.63) is 86.1 Å². The molecule has 0 aliphatic heterocycles. The Morgan fingerprint density at radius 2 is 1.93 bits per heavy atom. The van der Waals surface area contributed by atoms with Crippen molar-refractivity contribution in [1.82, 2.24) is 5.43 Å². The minimum absolute atomic E-state index is 0.0825. The fourth-order valence-electron chi connectivity index (χ4n) is 2.28. The summed E-state index contributed by atoms with van der Waals surface area (Å²) in [7, 11) is 0. The van der Waals surface area contributed by atoms with Crippen LogP contribution in [0, 0.1) is 17.0 Å². The molecule has 1 amide bonds. The van der Waals surface area contributed by atoms with Crippen molar-refractivity contribution < 1.29 is 14.1 Å². The molecule has 0 saturated carbocycles. The second-order valence-electron chi connectivity index (χ2n) is 5.67. The molecule has 0 aliphatic rings. The van der Waals surface area contributed by atoms with Crippen LogP contribution in [0.15, 0.2) is 68.6 Å². The largest absolute Gasteiger partial charge is 0.455 e. The molecule has 0 aliphatic carbocycles. The lowest BCUT2D eigenvalue weighted by Crippen LogP contribution is -2.17. The Labute approximate surface area is 163 Å². The number of hydrazone groups is 1. The summed E-state index contributed by atoms with van der Waals surface area (Å²) in [6.07, 6.45) is 1.38. The molecule has 0 fully saturated rings. The van der Waals surface area contributed by atoms with E-state index in [9.17, 15) is 14.9 Å². The number of furan rings is 1. The predicted octanol–water partition coefficient (Wildman–Crippen LogP) is 4.69. The van der Waals surface area contributed by atoms with Crippen LogP contribution in [0.1, 0.15) is 21.7 Å². The molecular weight excluding hydrogens is 414 g/mol. The van der Waals surface area contributed by atoms with E-state index in [1.165, 1.54) is 30.5 Å². The molecule has 1 aromatic heterocycles. The van der Waals surface area contributed by atoms with E-state index in [1.54, 1.807) is 6.07 Å². The van der Waals surface area contributed by atoms with Crippen molar-refractivity contribution in [3.8, 4) is 11.3 Å². The van der Waals surface area contributed by atoms with Gasteiger partial charge in [-0.25, -0.2) is 5.43 Å². The number of nitro groups is 1. The Hall–Kier alpha value is -3.26. The Balaban J connectivity index is 1.64. The molecule has 0 spiro atoms. The highest BCUT2D eigenvalue weighted by Gasteiger charge is 2.09. The smallest absolute Gasteiger partial charge is 0.271 e. The number of benzene rings is 2. The number of nitrogens with zero attached hydrogens (tertiary/aromatic N) is 2. The normalized spacial score (nSPS) is 10.9. The summed E-state index contributed by atoms with van der Waals surface area (Å²) in [4.78, 5) is 22.1. The van der Waals surface area contributed by atoms with E-state index in [1.807, 2.05) is 31.2 Å². The molecule has 2 aromatic carbocycles. The van der Waals surface area contributed by atoms with Gasteiger partial charge in [0.25, 0.3) is 11.6 Å². The second-order valence-corrected chi connectivity index (χ2v) is 6.52. The van der Waals surface area contributed by atoms with Crippen molar-refractivity contribution in [2.75, 3.05) is 0 Å². The molecule has 3 rings (SSSR count). The Kier molecular flexibility index (Phi) is 5.46. The zero-order valence-electron chi connectivity index (χ0n) is 14.2. The Morgan fingerprint density at radius 3 is 2.59 bits per heavy atom. The van der Waals surface area contributed by atoms with E-state index in [4.69, 9.17) is 4.42 Å². The van der Waals surface area contributed by atoms with Gasteiger partial charge in [-0.05, 0) is 42.8 Å². The molecule has 0 unspecified atom stereocenters. The first-order chi connectivity index (χ1) is 12.9. The van der Waals surface area contributed by atoms with E-state index < -0.39 is 10.8 Å². The maximum Gasteiger partial charge on any atom is 0.271 e. The molecule has 8 heteroatoms. The van der Waals surface area contributed by atoms with E-state index in [-0.39, 0.29) is 11.3 Å². The minimum atomic E-state index is -0.527. The third-order valence-electron chi connectivity index (χ3n) is 3.78. The fraction of sp³-hybridized carbons (Fsp3) is 0.0526. The monoisotopic (exact) mass is 427 g/mol. The van der Waals surface area contributed by atoms with Crippen LogP contribution in [0.4, 0.5) is 5.69 Å². The molecule has 0 saturated heterocycles. The lowest BCUT2D eigenvalue weighted by atomic mass is 10.1. The lowest BCUT2D eigenvalue weighted by molar-refractivity contribution is -0.384. The summed E-state index contributed by atoms with van der Waals surface area (Å²) in [5.74, 6) is 0.680. The van der Waals surface area contributed by atoms with Gasteiger partial charge in [0, 0.05) is 27.7 Å². The van der Waals surface area contributed by atoms with Gasteiger partial charge in [-0.3, -0.25) is 14.9 Å². The molecule has 1 N–H and O–H groups in total. The summed E-state index contributed by atoms with van der Waals surface area (Å²) in [6, 6.07) is 14.7. The van der Waals surface area contributed by atoms with Crippen LogP contribution >= 0.6 is 15.9 Å². The van der Waals surface area contributed by atoms with Gasteiger partial charge < -0.3 is 4.42 Å². The maximum atomic E-state index is 12.0. The first-order valence-corrected chi connectivity index (χ1v) is 8.67. The fourth-order valence-corrected chi connectivity index (χ4v) is 2.66. The number of aryl methyl sites for hydroxylation is 1. The number of non-ortho nitro benzene ring substituents is 1. The van der Waals surface area contributed by atoms with Crippen LogP contribution < -0.4 is 5.43 Å². The number of rotatable bonds is 5. The zero-order valence-corrected chi connectivity index (χ0v) is 15.8. The van der Waals surface area contributed by atoms with Crippen molar-refractivity contribution in [3.63, 3.8) is 0 Å². The first-order valence-electron chi connectivity index (χ1n) is 7.88. The molecule has 7 nitrogen and oxygen atoms in total. The van der Waals surface area contributed by atoms with Gasteiger partial charge in [0.2, 0.25) is 0 Å². The third kappa shape index (κ3) is 4.48. The van der Waals surface area contributed by atoms with Gasteiger partial charge in [0.15, 0.2) is 0 Å². The number of hydrogen-bond donors (Lipinski definition) is 1. The third-order valence-corrected chi connectivity index (χ3v) is 4.64. The highest BCUT2D eigenvalue weighted by Crippen LogP contribution is 2.26. The van der Waals surface area contributed by atoms with Gasteiger partial charge >= 0.3 is 0 Å². The van der Waals surface area contributed by atoms with Gasteiger partial charge in [-0.1, -0.05) is 28.1 Å². The predicted molar refractivity (Wildman–Crippen MR) is 105 cm³/mol. The van der Waals surface area contributed by atoms with Crippen molar-refractivity contribution in [1.29, 1.82) is 0 Å². The molecule has 0 bridgehead atoms. The van der Waals surface area contributed by atoms with Crippen molar-refractivity contribution in [2.24, 2.45) is 5.10 Å². The average Bonchev–Trinajstić information content (AvgIpc) is 3.13. The number of nitro benzene ring substituents is 1. The molecular formula is C19H14BrN3O4. The number of carbonyl (C=O) groups is 1. The number of carbonyl (C=O) groups excluding carboxylic acids is 1. The molecule has 3 aromatic rings. The Bertz CT molecular complexity index is 1030. The quantitative estimate of drug-likeness (QED) is 0.362. The van der Waals surface area contributed by atoms with Crippen LogP contribution in [0.25, 0.3) is 11.3 Å². The summed E-state index contributed by atoms with van der Waals surface area (Å²) in [5, 5.41) is 14.5. The lowest BCUT2D eigenvalue weighted by Gasteiger charge is -2.01. The summed E-state index contributed by atoms with van der Waals surface area (Å²) in [5.41, 5.74) is 4.58. The summed E-state index contributed by atoms with van der Waals surface area (Å²) in [6.45, 7) is 2.00. The van der Waals surface area contributed by atoms with Gasteiger partial charge in [0.1, 0.15) is 11.5 Å². The maximum absolute atomic E-state index is 12.0. The van der Waals surface area contributed by atoms with Crippen LogP contribution in [0.5, 0.6) is 0 Å². The average molecular weight is 428 g/mol. The van der Waals surface area contributed by atoms with Crippen molar-refractivity contribution >= 4 is 33.7 Å². The zero-order chi connectivity index (χ0) is 19.4. The van der Waals surface area contributed by atoms with Gasteiger partial charge in [-0.15, -0.1) is 0 Å². The molecule has 1 heterocycles. The highest BCUT2D eigenvalue weighted by atomic mass is 79.9. The molecule has 27 heavy (non-hydrogen) atoms. The van der Waals surface area contributed by atoms with E-state index >= 15 is 0 Å². The van der Waals surface area contributed by atoms with Gasteiger partial charge in [-0.2, -0.15) is 5.10 Å². The number of nitrogens with one attached hydrogen (secondary N) is 1. The number of amides is 1. The second kappa shape index (κ2) is 7.96. The molecule has 0 atom stereocenters. The standard InChI is InChI=1S/C19H14BrN3O4/c1-12-2-3-14(10-17(12)20)18-9-8-16(27-18)11-21-22-19(24)13-4-6-15(7-5-13)23(25)26/h2-11H,1H3,(H,22,24)/b21-11+. The highest BCUT2D eigenvalue weighted by molar-refractivity contribution is 9.10. The minimum Gasteiger partial charge on any atom is -0.455 e. The van der Waals surface area contributed by atoms with Crippen LogP contribution in [-0.2, 0) is 0 Å². The van der Waals surface area contributed by atoms with Gasteiger partial charge in [0.05, 0.1) is 11.1 Å². The van der Waals surface area contributed by atoms with E-state index in [0.29, 0.717) is 11.5 Å². The molecule has 0 radical (unpaired) electrons. The van der Waals surface area contributed by atoms with Crippen LogP contribution in [0.2, 0.25) is 0 Å².